The minimum absolute atomic E-state index is 0.0964. The third kappa shape index (κ3) is 3.00. The predicted molar refractivity (Wildman–Crippen MR) is 104 cm³/mol. The van der Waals surface area contributed by atoms with Crippen LogP contribution in [0.25, 0.3) is 0 Å². The molecule has 0 bridgehead atoms. The Morgan fingerprint density at radius 3 is 2.65 bits per heavy atom. The summed E-state index contributed by atoms with van der Waals surface area (Å²) in [4.78, 5) is 22.0. The van der Waals surface area contributed by atoms with Gasteiger partial charge in [0.2, 0.25) is 0 Å². The van der Waals surface area contributed by atoms with Crippen molar-refractivity contribution in [2.24, 2.45) is 0 Å². The quantitative estimate of drug-likeness (QED) is 0.854. The Morgan fingerprint density at radius 1 is 1.12 bits per heavy atom. The Morgan fingerprint density at radius 2 is 1.88 bits per heavy atom. The Labute approximate surface area is 155 Å². The summed E-state index contributed by atoms with van der Waals surface area (Å²) in [6.07, 6.45) is 4.25. The van der Waals surface area contributed by atoms with E-state index in [0.29, 0.717) is 11.4 Å². The number of carbonyl (C=O) groups excluding carboxylic acids is 1. The topological polar surface area (TPSA) is 41.4 Å². The van der Waals surface area contributed by atoms with Crippen molar-refractivity contribution >= 4 is 11.6 Å². The average molecular weight is 351 g/mol. The number of amides is 1. The fraction of sp³-hybridized carbons (Fsp3) is 0.476. The van der Waals surface area contributed by atoms with Crippen LogP contribution in [-0.4, -0.2) is 46.5 Å². The second-order valence-electron chi connectivity index (χ2n) is 7.19. The molecule has 1 aromatic carbocycles. The maximum absolute atomic E-state index is 13.1. The van der Waals surface area contributed by atoms with Gasteiger partial charge in [0.1, 0.15) is 11.5 Å². The van der Waals surface area contributed by atoms with Crippen LogP contribution in [0.2, 0.25) is 0 Å². The van der Waals surface area contributed by atoms with Gasteiger partial charge in [-0.1, -0.05) is 25.1 Å². The molecule has 0 unspecified atom stereocenters. The zero-order chi connectivity index (χ0) is 18.1. The second-order valence-corrected chi connectivity index (χ2v) is 7.19. The molecule has 2 aliphatic rings. The van der Waals surface area contributed by atoms with Crippen molar-refractivity contribution in [3.8, 4) is 0 Å². The first kappa shape index (κ1) is 17.1. The van der Waals surface area contributed by atoms with E-state index in [0.717, 1.165) is 64.2 Å². The number of carbonyl (C=O) groups is 1. The summed E-state index contributed by atoms with van der Waals surface area (Å²) in [5, 5.41) is 0. The number of imidazole rings is 1. The van der Waals surface area contributed by atoms with Gasteiger partial charge in [-0.05, 0) is 37.8 Å². The van der Waals surface area contributed by atoms with Crippen LogP contribution in [0, 0.1) is 6.92 Å². The van der Waals surface area contributed by atoms with Crippen molar-refractivity contribution in [2.75, 3.05) is 31.1 Å². The normalized spacial score (nSPS) is 17.3. The molecule has 1 fully saturated rings. The summed E-state index contributed by atoms with van der Waals surface area (Å²) in [6, 6.07) is 8.58. The highest BCUT2D eigenvalue weighted by Gasteiger charge is 2.29. The summed E-state index contributed by atoms with van der Waals surface area (Å²) in [5.41, 5.74) is 4.03. The summed E-state index contributed by atoms with van der Waals surface area (Å²) < 4.78 is 2.10. The summed E-state index contributed by atoms with van der Waals surface area (Å²) in [5.74, 6) is 1.12. The van der Waals surface area contributed by atoms with Gasteiger partial charge in [0.25, 0.3) is 5.91 Å². The molecule has 137 valence electrons. The highest BCUT2D eigenvalue weighted by atomic mass is 16.2. The number of hydrogen-bond acceptors (Lipinski definition) is 3. The predicted octanol–water partition coefficient (Wildman–Crippen LogP) is 2.93. The molecular formula is C21H27N4O. The van der Waals surface area contributed by atoms with Crippen LogP contribution in [0.1, 0.15) is 47.3 Å². The van der Waals surface area contributed by atoms with E-state index in [2.05, 4.69) is 52.6 Å². The number of aromatic nitrogens is 2. The molecule has 2 aliphatic heterocycles. The summed E-state index contributed by atoms with van der Waals surface area (Å²) >= 11 is 0. The van der Waals surface area contributed by atoms with Crippen LogP contribution in [0.3, 0.4) is 0 Å². The molecule has 5 nitrogen and oxygen atoms in total. The van der Waals surface area contributed by atoms with Crippen molar-refractivity contribution in [3.05, 3.63) is 54.0 Å². The highest BCUT2D eigenvalue weighted by molar-refractivity contribution is 5.94. The Balaban J connectivity index is 1.48. The monoisotopic (exact) mass is 351 g/mol. The molecule has 26 heavy (non-hydrogen) atoms. The molecule has 1 amide bonds. The van der Waals surface area contributed by atoms with Crippen molar-refractivity contribution < 1.29 is 4.79 Å². The van der Waals surface area contributed by atoms with Gasteiger partial charge in [-0.15, -0.1) is 0 Å². The molecule has 0 aliphatic carbocycles. The molecule has 0 N–H and O–H groups in total. The molecule has 0 saturated carbocycles. The van der Waals surface area contributed by atoms with E-state index < -0.39 is 0 Å². The molecular weight excluding hydrogens is 324 g/mol. The maximum atomic E-state index is 13.1. The van der Waals surface area contributed by atoms with Crippen molar-refractivity contribution in [1.29, 1.82) is 0 Å². The lowest BCUT2D eigenvalue weighted by atomic mass is 10.1. The number of fused-ring (bicyclic) bond motifs is 1. The Hall–Kier alpha value is -2.30. The SMILES string of the molecule is [CH2]c1nc2n(c1C(=O)N1CCN(c3ccccc3CC)CC1)CCCC2. The average Bonchev–Trinajstić information content (AvgIpc) is 3.03. The third-order valence-corrected chi connectivity index (χ3v) is 5.63. The summed E-state index contributed by atoms with van der Waals surface area (Å²) in [6.45, 7) is 10.4. The number of nitrogens with zero attached hydrogens (tertiary/aromatic N) is 4. The van der Waals surface area contributed by atoms with Crippen molar-refractivity contribution in [2.45, 2.75) is 39.2 Å². The minimum Gasteiger partial charge on any atom is -0.368 e. The fourth-order valence-electron chi connectivity index (χ4n) is 4.20. The Kier molecular flexibility index (Phi) is 4.70. The van der Waals surface area contributed by atoms with Crippen LogP contribution < -0.4 is 4.90 Å². The van der Waals surface area contributed by atoms with Gasteiger partial charge in [0.05, 0.1) is 5.69 Å². The van der Waals surface area contributed by atoms with E-state index >= 15 is 0 Å². The number of aryl methyl sites for hydroxylation is 2. The smallest absolute Gasteiger partial charge is 0.272 e. The molecule has 5 heteroatoms. The van der Waals surface area contributed by atoms with Gasteiger partial charge in [-0.25, -0.2) is 4.98 Å². The first-order valence-electron chi connectivity index (χ1n) is 9.72. The number of rotatable bonds is 3. The van der Waals surface area contributed by atoms with E-state index in [-0.39, 0.29) is 5.91 Å². The highest BCUT2D eigenvalue weighted by Crippen LogP contribution is 2.24. The molecule has 0 atom stereocenters. The van der Waals surface area contributed by atoms with Crippen LogP contribution in [0.5, 0.6) is 0 Å². The first-order valence-corrected chi connectivity index (χ1v) is 9.72. The minimum atomic E-state index is 0.0964. The third-order valence-electron chi connectivity index (χ3n) is 5.63. The first-order chi connectivity index (χ1) is 12.7. The summed E-state index contributed by atoms with van der Waals surface area (Å²) in [7, 11) is 0. The largest absolute Gasteiger partial charge is 0.368 e. The van der Waals surface area contributed by atoms with Gasteiger partial charge < -0.3 is 14.4 Å². The number of anilines is 1. The second kappa shape index (κ2) is 7.14. The van der Waals surface area contributed by atoms with Gasteiger partial charge in [-0.3, -0.25) is 4.79 Å². The number of benzene rings is 1. The van der Waals surface area contributed by atoms with Gasteiger partial charge in [-0.2, -0.15) is 0 Å². The van der Waals surface area contributed by atoms with Crippen LogP contribution in [-0.2, 0) is 19.4 Å². The van der Waals surface area contributed by atoms with Crippen LogP contribution in [0.4, 0.5) is 5.69 Å². The zero-order valence-electron chi connectivity index (χ0n) is 15.6. The molecule has 0 spiro atoms. The standard InChI is InChI=1S/C21H27N4O/c1-3-17-8-4-5-9-18(17)23-12-14-24(15-13-23)21(26)20-16(2)22-19-10-6-7-11-25(19)20/h4-5,8-9H,2-3,6-7,10-15H2,1H3. The molecule has 1 radical (unpaired) electrons. The molecule has 3 heterocycles. The fourth-order valence-corrected chi connectivity index (χ4v) is 4.20. The van der Waals surface area contributed by atoms with E-state index in [1.807, 2.05) is 4.90 Å². The lowest BCUT2D eigenvalue weighted by Gasteiger charge is -2.37. The number of hydrogen-bond donors (Lipinski definition) is 0. The molecule has 2 aromatic rings. The van der Waals surface area contributed by atoms with E-state index in [1.54, 1.807) is 0 Å². The van der Waals surface area contributed by atoms with Crippen molar-refractivity contribution in [1.82, 2.24) is 14.5 Å². The van der Waals surface area contributed by atoms with Gasteiger partial charge >= 0.3 is 0 Å². The van der Waals surface area contributed by atoms with Crippen LogP contribution in [0.15, 0.2) is 24.3 Å². The van der Waals surface area contributed by atoms with E-state index in [9.17, 15) is 4.79 Å². The molecule has 1 aromatic heterocycles. The van der Waals surface area contributed by atoms with Crippen LogP contribution >= 0.6 is 0 Å². The van der Waals surface area contributed by atoms with Gasteiger partial charge in [0.15, 0.2) is 0 Å². The lowest BCUT2D eigenvalue weighted by molar-refractivity contribution is 0.0734. The maximum Gasteiger partial charge on any atom is 0.272 e. The van der Waals surface area contributed by atoms with Crippen molar-refractivity contribution in [3.63, 3.8) is 0 Å². The van der Waals surface area contributed by atoms with E-state index in [4.69, 9.17) is 0 Å². The molecule has 1 saturated heterocycles. The molecule has 4 rings (SSSR count). The lowest BCUT2D eigenvalue weighted by Crippen LogP contribution is -2.49. The number of para-hydroxylation sites is 1. The van der Waals surface area contributed by atoms with E-state index in [1.165, 1.54) is 11.3 Å². The van der Waals surface area contributed by atoms with Gasteiger partial charge in [0, 0.05) is 44.8 Å². The zero-order valence-corrected chi connectivity index (χ0v) is 15.6. The Bertz CT molecular complexity index is 802. The number of piperazine rings is 1.